The SMILES string of the molecule is Nc1ccn([C@@H]2CO[C@H](CCOP(=O)(O)O)C2OP(=O)(O)OC[C@H]2O[C@@H](n3cnc4c(N)ncnc43)[C@H](O)[C@@H]2O)c(=O)n1. The largest absolute Gasteiger partial charge is 0.472 e. The molecule has 2 fully saturated rings. The van der Waals surface area contributed by atoms with Crippen molar-refractivity contribution in [2.45, 2.75) is 49.2 Å². The lowest BCUT2D eigenvalue weighted by Gasteiger charge is -2.26. The molecule has 21 nitrogen and oxygen atoms in total. The molecule has 0 aromatic carbocycles. The van der Waals surface area contributed by atoms with Crippen molar-refractivity contribution in [2.75, 3.05) is 31.3 Å². The fraction of sp³-hybridized carbons (Fsp3) is 0.550. The van der Waals surface area contributed by atoms with E-state index in [2.05, 4.69) is 24.5 Å². The van der Waals surface area contributed by atoms with Crippen molar-refractivity contribution in [1.82, 2.24) is 29.1 Å². The number of aliphatic hydroxyl groups is 2. The third kappa shape index (κ3) is 6.93. The first-order valence-corrected chi connectivity index (χ1v) is 15.5. The predicted molar refractivity (Wildman–Crippen MR) is 141 cm³/mol. The minimum Gasteiger partial charge on any atom is -0.387 e. The molecule has 0 radical (unpaired) electrons. The Morgan fingerprint density at radius 3 is 2.53 bits per heavy atom. The molecule has 23 heteroatoms. The van der Waals surface area contributed by atoms with E-state index in [0.29, 0.717) is 0 Å². The van der Waals surface area contributed by atoms with Crippen molar-refractivity contribution in [3.8, 4) is 0 Å². The molecule has 0 amide bonds. The molecular formula is C20H28N8O13P2. The highest BCUT2D eigenvalue weighted by molar-refractivity contribution is 7.47. The van der Waals surface area contributed by atoms with Crippen LogP contribution in [0.5, 0.6) is 0 Å². The molecule has 2 saturated heterocycles. The van der Waals surface area contributed by atoms with Gasteiger partial charge in [-0.15, -0.1) is 0 Å². The summed E-state index contributed by atoms with van der Waals surface area (Å²) in [5.41, 5.74) is 10.9. The van der Waals surface area contributed by atoms with Crippen molar-refractivity contribution in [2.24, 2.45) is 0 Å². The van der Waals surface area contributed by atoms with Gasteiger partial charge < -0.3 is 45.8 Å². The van der Waals surface area contributed by atoms with Crippen LogP contribution in [0.1, 0.15) is 18.7 Å². The molecule has 5 rings (SSSR count). The third-order valence-corrected chi connectivity index (χ3v) is 8.26. The van der Waals surface area contributed by atoms with Gasteiger partial charge in [-0.2, -0.15) is 4.98 Å². The molecule has 9 N–H and O–H groups in total. The Morgan fingerprint density at radius 2 is 1.81 bits per heavy atom. The van der Waals surface area contributed by atoms with Crippen LogP contribution >= 0.6 is 15.6 Å². The number of nitrogens with zero attached hydrogens (tertiary/aromatic N) is 6. The summed E-state index contributed by atoms with van der Waals surface area (Å²) in [4.78, 5) is 56.6. The predicted octanol–water partition coefficient (Wildman–Crippen LogP) is -2.19. The molecule has 3 aromatic rings. The summed E-state index contributed by atoms with van der Waals surface area (Å²) in [5.74, 6) is 0.00320. The second kappa shape index (κ2) is 12.2. The number of fused-ring (bicyclic) bond motifs is 1. The lowest BCUT2D eigenvalue weighted by molar-refractivity contribution is -0.0546. The van der Waals surface area contributed by atoms with Crippen LogP contribution in [0.3, 0.4) is 0 Å². The Labute approximate surface area is 240 Å². The Balaban J connectivity index is 1.29. The van der Waals surface area contributed by atoms with Gasteiger partial charge in [0.2, 0.25) is 0 Å². The fourth-order valence-corrected chi connectivity index (χ4v) is 6.08. The molecule has 2 aliphatic heterocycles. The van der Waals surface area contributed by atoms with Gasteiger partial charge in [-0.1, -0.05) is 0 Å². The highest BCUT2D eigenvalue weighted by Gasteiger charge is 2.47. The van der Waals surface area contributed by atoms with E-state index in [4.69, 9.17) is 39.8 Å². The second-order valence-electron chi connectivity index (χ2n) is 9.56. The highest BCUT2D eigenvalue weighted by atomic mass is 31.2. The molecule has 2 aliphatic rings. The van der Waals surface area contributed by atoms with Gasteiger partial charge in [0.15, 0.2) is 17.7 Å². The van der Waals surface area contributed by atoms with Gasteiger partial charge >= 0.3 is 21.3 Å². The van der Waals surface area contributed by atoms with Gasteiger partial charge in [-0.3, -0.25) is 22.7 Å². The monoisotopic (exact) mass is 650 g/mol. The van der Waals surface area contributed by atoms with Crippen LogP contribution < -0.4 is 17.2 Å². The standard InChI is InChI=1S/C20H28N8O13P2/c21-12-1-3-27(20(31)26-12)9-5-37-10(2-4-38-42(32,33)34)16(9)41-43(35,36)39-6-11-14(29)15(30)19(40-11)28-8-25-13-17(22)23-7-24-18(13)28/h1,3,7-11,14-16,19,29-30H,2,4-6H2,(H,35,36)(H2,21,26,31)(H2,22,23,24)(H2,32,33,34)/t9-,10-,11-,14-,15-,16?,19-/m1/s1. The van der Waals surface area contributed by atoms with Crippen molar-refractivity contribution < 1.29 is 57.1 Å². The molecule has 0 aliphatic carbocycles. The number of ether oxygens (including phenoxy) is 2. The number of nitrogen functional groups attached to an aromatic ring is 2. The Kier molecular flexibility index (Phi) is 8.96. The van der Waals surface area contributed by atoms with Crippen LogP contribution in [0.2, 0.25) is 0 Å². The molecule has 5 heterocycles. The maximum absolute atomic E-state index is 13.1. The van der Waals surface area contributed by atoms with Crippen molar-refractivity contribution >= 4 is 38.4 Å². The first-order chi connectivity index (χ1) is 20.2. The average Bonchev–Trinajstić information content (AvgIpc) is 3.59. The molecule has 43 heavy (non-hydrogen) atoms. The molecule has 0 saturated carbocycles. The van der Waals surface area contributed by atoms with Crippen LogP contribution in [-0.4, -0.2) is 104 Å². The number of nitrogens with two attached hydrogens (primary N) is 2. The topological polar surface area (TPSA) is 312 Å². The number of imidazole rings is 1. The van der Waals surface area contributed by atoms with E-state index in [1.54, 1.807) is 0 Å². The van der Waals surface area contributed by atoms with Gasteiger partial charge in [-0.25, -0.2) is 28.9 Å². The van der Waals surface area contributed by atoms with E-state index in [1.807, 2.05) is 0 Å². The summed E-state index contributed by atoms with van der Waals surface area (Å²) in [7, 11) is -9.84. The molecule has 8 atom stereocenters. The van der Waals surface area contributed by atoms with E-state index in [9.17, 15) is 29.0 Å². The maximum atomic E-state index is 13.1. The minimum absolute atomic E-state index is 0.0735. The lowest BCUT2D eigenvalue weighted by Crippen LogP contribution is -2.37. The van der Waals surface area contributed by atoms with Gasteiger partial charge in [0.1, 0.15) is 42.1 Å². The van der Waals surface area contributed by atoms with E-state index in [0.717, 1.165) is 4.57 Å². The summed E-state index contributed by atoms with van der Waals surface area (Å²) in [6.07, 6.45) is -4.63. The van der Waals surface area contributed by atoms with Crippen LogP contribution in [0.25, 0.3) is 11.2 Å². The number of rotatable bonds is 11. The molecule has 0 bridgehead atoms. The smallest absolute Gasteiger partial charge is 0.387 e. The van der Waals surface area contributed by atoms with Crippen molar-refractivity contribution in [3.05, 3.63) is 35.4 Å². The summed E-state index contributed by atoms with van der Waals surface area (Å²) in [6, 6.07) is 0.274. The second-order valence-corrected chi connectivity index (χ2v) is 12.2. The van der Waals surface area contributed by atoms with Gasteiger partial charge in [0.05, 0.1) is 38.3 Å². The molecule has 236 valence electrons. The number of anilines is 2. The van der Waals surface area contributed by atoms with Crippen molar-refractivity contribution in [1.29, 1.82) is 0 Å². The lowest BCUT2D eigenvalue weighted by atomic mass is 10.1. The summed E-state index contributed by atoms with van der Waals surface area (Å²) >= 11 is 0. The molecule has 3 aromatic heterocycles. The zero-order valence-electron chi connectivity index (χ0n) is 21.9. The zero-order valence-corrected chi connectivity index (χ0v) is 23.7. The van der Waals surface area contributed by atoms with Gasteiger partial charge in [0, 0.05) is 12.6 Å². The maximum Gasteiger partial charge on any atom is 0.472 e. The number of phosphoric acid groups is 2. The summed E-state index contributed by atoms with van der Waals surface area (Å²) in [6.45, 7) is -1.48. The third-order valence-electron chi connectivity index (χ3n) is 6.75. The van der Waals surface area contributed by atoms with Crippen LogP contribution in [0.15, 0.2) is 29.7 Å². The zero-order chi connectivity index (χ0) is 31.1. The van der Waals surface area contributed by atoms with Crippen LogP contribution in [-0.2, 0) is 32.2 Å². The van der Waals surface area contributed by atoms with E-state index < -0.39 is 77.3 Å². The number of aromatic nitrogens is 6. The quantitative estimate of drug-likeness (QED) is 0.108. The number of hydrogen-bond acceptors (Lipinski definition) is 16. The molecule has 2 unspecified atom stereocenters. The van der Waals surface area contributed by atoms with Gasteiger partial charge in [0.25, 0.3) is 0 Å². The number of phosphoric ester groups is 2. The normalized spacial score (nSPS) is 29.3. The number of hydrogen-bond donors (Lipinski definition) is 7. The average molecular weight is 650 g/mol. The Morgan fingerprint density at radius 1 is 1.05 bits per heavy atom. The summed E-state index contributed by atoms with van der Waals surface area (Å²) in [5, 5.41) is 21.2. The highest BCUT2D eigenvalue weighted by Crippen LogP contribution is 2.49. The van der Waals surface area contributed by atoms with Crippen LogP contribution in [0, 0.1) is 0 Å². The Bertz CT molecular complexity index is 1620. The molecule has 0 spiro atoms. The van der Waals surface area contributed by atoms with E-state index >= 15 is 0 Å². The van der Waals surface area contributed by atoms with Gasteiger partial charge in [-0.05, 0) is 6.07 Å². The van der Waals surface area contributed by atoms with Crippen molar-refractivity contribution in [3.63, 3.8) is 0 Å². The fourth-order valence-electron chi connectivity index (χ4n) is 4.75. The first-order valence-electron chi connectivity index (χ1n) is 12.5. The minimum atomic E-state index is -5.01. The first kappa shape index (κ1) is 31.5. The number of aliphatic hydroxyl groups excluding tert-OH is 2. The van der Waals surface area contributed by atoms with E-state index in [1.165, 1.54) is 29.5 Å². The van der Waals surface area contributed by atoms with E-state index in [-0.39, 0.29) is 35.8 Å². The summed E-state index contributed by atoms with van der Waals surface area (Å²) < 4.78 is 52.7. The Hall–Kier alpha value is -2.91. The molecular weight excluding hydrogens is 622 g/mol. The van der Waals surface area contributed by atoms with Crippen LogP contribution in [0.4, 0.5) is 11.6 Å².